The number of fused-ring (bicyclic) bond motifs is 1. The normalized spacial score (nSPS) is 39.8. The highest BCUT2D eigenvalue weighted by molar-refractivity contribution is 4.88. The van der Waals surface area contributed by atoms with Gasteiger partial charge in [0.1, 0.15) is 0 Å². The highest BCUT2D eigenvalue weighted by atomic mass is 16.5. The first-order valence-corrected chi connectivity index (χ1v) is 5.21. The van der Waals surface area contributed by atoms with Gasteiger partial charge in [0.2, 0.25) is 0 Å². The van der Waals surface area contributed by atoms with Gasteiger partial charge in [0.25, 0.3) is 0 Å². The van der Waals surface area contributed by atoms with Gasteiger partial charge < -0.3 is 10.1 Å². The van der Waals surface area contributed by atoms with Gasteiger partial charge in [0.05, 0.1) is 6.10 Å². The van der Waals surface area contributed by atoms with E-state index in [2.05, 4.69) is 12.2 Å². The fraction of sp³-hybridized carbons (Fsp3) is 1.00. The van der Waals surface area contributed by atoms with Crippen LogP contribution in [0.2, 0.25) is 0 Å². The molecule has 0 amide bonds. The van der Waals surface area contributed by atoms with Crippen molar-refractivity contribution in [3.8, 4) is 0 Å². The molecule has 2 fully saturated rings. The molecule has 0 saturated carbocycles. The molecule has 2 aliphatic heterocycles. The van der Waals surface area contributed by atoms with E-state index in [-0.39, 0.29) is 0 Å². The van der Waals surface area contributed by atoms with Crippen LogP contribution in [0.15, 0.2) is 0 Å². The Labute approximate surface area is 75.7 Å². The smallest absolute Gasteiger partial charge is 0.0740 e. The molecule has 0 radical (unpaired) electrons. The third-order valence-electron chi connectivity index (χ3n) is 2.54. The zero-order chi connectivity index (χ0) is 8.97. The molecule has 72 valence electrons. The van der Waals surface area contributed by atoms with E-state index in [4.69, 9.17) is 4.74 Å². The van der Waals surface area contributed by atoms with Gasteiger partial charge in [-0.3, -0.25) is 0 Å². The third-order valence-corrected chi connectivity index (χ3v) is 2.54. The van der Waals surface area contributed by atoms with Gasteiger partial charge in [-0.05, 0) is 25.3 Å². The Morgan fingerprint density at radius 3 is 2.83 bits per heavy atom. The summed E-state index contributed by atoms with van der Waals surface area (Å²) in [5.74, 6) is 0.756. The van der Waals surface area contributed by atoms with Crippen LogP contribution in [0.1, 0.15) is 33.6 Å². The quantitative estimate of drug-likeness (QED) is 0.600. The van der Waals surface area contributed by atoms with Crippen LogP contribution in [0, 0.1) is 5.92 Å². The SMILES string of the molecule is CC.CC1COC2CCNC2C1. The van der Waals surface area contributed by atoms with Gasteiger partial charge >= 0.3 is 0 Å². The minimum Gasteiger partial charge on any atom is -0.376 e. The van der Waals surface area contributed by atoms with E-state index < -0.39 is 0 Å². The molecule has 2 rings (SSSR count). The highest BCUT2D eigenvalue weighted by Crippen LogP contribution is 2.24. The number of nitrogens with one attached hydrogen (secondary N) is 1. The third kappa shape index (κ3) is 2.20. The van der Waals surface area contributed by atoms with Crippen molar-refractivity contribution in [2.24, 2.45) is 5.92 Å². The molecule has 12 heavy (non-hydrogen) atoms. The molecule has 0 aliphatic carbocycles. The summed E-state index contributed by atoms with van der Waals surface area (Å²) in [5, 5.41) is 3.46. The minimum absolute atomic E-state index is 0.538. The van der Waals surface area contributed by atoms with Crippen LogP contribution in [0.4, 0.5) is 0 Å². The van der Waals surface area contributed by atoms with Gasteiger partial charge in [-0.15, -0.1) is 0 Å². The Kier molecular flexibility index (Phi) is 4.02. The van der Waals surface area contributed by atoms with Gasteiger partial charge in [-0.2, -0.15) is 0 Å². The molecule has 0 spiro atoms. The van der Waals surface area contributed by atoms with Gasteiger partial charge in [-0.25, -0.2) is 0 Å². The maximum Gasteiger partial charge on any atom is 0.0740 e. The molecule has 0 aromatic rings. The van der Waals surface area contributed by atoms with E-state index in [1.807, 2.05) is 13.8 Å². The lowest BCUT2D eigenvalue weighted by molar-refractivity contribution is -0.0159. The van der Waals surface area contributed by atoms with E-state index >= 15 is 0 Å². The Morgan fingerprint density at radius 1 is 1.33 bits per heavy atom. The van der Waals surface area contributed by atoms with Crippen molar-refractivity contribution in [1.82, 2.24) is 5.32 Å². The Balaban J connectivity index is 0.000000336. The van der Waals surface area contributed by atoms with Crippen LogP contribution in [-0.4, -0.2) is 25.3 Å². The van der Waals surface area contributed by atoms with E-state index in [9.17, 15) is 0 Å². The lowest BCUT2D eigenvalue weighted by Gasteiger charge is -2.29. The zero-order valence-corrected chi connectivity index (χ0v) is 8.47. The highest BCUT2D eigenvalue weighted by Gasteiger charge is 2.32. The topological polar surface area (TPSA) is 21.3 Å². The second-order valence-electron chi connectivity index (χ2n) is 3.56. The standard InChI is InChI=1S/C8H15NO.C2H6/c1-6-4-7-8(10-5-6)2-3-9-7;1-2/h6-9H,2-5H2,1H3;1-2H3. The molecule has 2 heteroatoms. The van der Waals surface area contributed by atoms with E-state index in [0.717, 1.165) is 19.1 Å². The Morgan fingerprint density at radius 2 is 2.08 bits per heavy atom. The molecule has 0 bridgehead atoms. The first-order chi connectivity index (χ1) is 5.86. The molecular formula is C10H21NO. The fourth-order valence-electron chi connectivity index (χ4n) is 1.97. The predicted molar refractivity (Wildman–Crippen MR) is 51.3 cm³/mol. The van der Waals surface area contributed by atoms with Crippen molar-refractivity contribution < 1.29 is 4.74 Å². The second-order valence-corrected chi connectivity index (χ2v) is 3.56. The summed E-state index contributed by atoms with van der Waals surface area (Å²) in [6, 6.07) is 0.670. The number of hydrogen-bond donors (Lipinski definition) is 1. The van der Waals surface area contributed by atoms with Crippen LogP contribution in [0.5, 0.6) is 0 Å². The lowest BCUT2D eigenvalue weighted by atomic mass is 9.96. The summed E-state index contributed by atoms with van der Waals surface area (Å²) in [5.41, 5.74) is 0. The monoisotopic (exact) mass is 171 g/mol. The summed E-state index contributed by atoms with van der Waals surface area (Å²) in [4.78, 5) is 0. The van der Waals surface area contributed by atoms with Crippen molar-refractivity contribution in [1.29, 1.82) is 0 Å². The molecule has 1 N–H and O–H groups in total. The van der Waals surface area contributed by atoms with Crippen molar-refractivity contribution >= 4 is 0 Å². The van der Waals surface area contributed by atoms with Crippen molar-refractivity contribution in [2.45, 2.75) is 45.8 Å². The second kappa shape index (κ2) is 4.83. The summed E-state index contributed by atoms with van der Waals surface area (Å²) in [6.07, 6.45) is 3.07. The maximum absolute atomic E-state index is 5.65. The van der Waals surface area contributed by atoms with E-state index in [1.165, 1.54) is 12.8 Å². The van der Waals surface area contributed by atoms with E-state index in [0.29, 0.717) is 12.1 Å². The Bertz CT molecular complexity index is 127. The minimum atomic E-state index is 0.538. The van der Waals surface area contributed by atoms with Gasteiger partial charge in [-0.1, -0.05) is 20.8 Å². The number of rotatable bonds is 0. The summed E-state index contributed by atoms with van der Waals surface area (Å²) < 4.78 is 5.65. The lowest BCUT2D eigenvalue weighted by Crippen LogP contribution is -2.39. The molecule has 2 nitrogen and oxygen atoms in total. The van der Waals surface area contributed by atoms with Crippen molar-refractivity contribution in [3.63, 3.8) is 0 Å². The molecule has 0 aromatic carbocycles. The molecule has 2 aliphatic rings. The van der Waals surface area contributed by atoms with Crippen LogP contribution in [0.3, 0.4) is 0 Å². The summed E-state index contributed by atoms with van der Waals surface area (Å²) in [6.45, 7) is 8.39. The molecule has 3 atom stereocenters. The van der Waals surface area contributed by atoms with Crippen molar-refractivity contribution in [2.75, 3.05) is 13.2 Å². The molecule has 3 unspecified atom stereocenters. The van der Waals surface area contributed by atoms with Crippen LogP contribution in [-0.2, 0) is 4.74 Å². The van der Waals surface area contributed by atoms with Crippen LogP contribution in [0.25, 0.3) is 0 Å². The van der Waals surface area contributed by atoms with Crippen molar-refractivity contribution in [3.05, 3.63) is 0 Å². The maximum atomic E-state index is 5.65. The number of hydrogen-bond acceptors (Lipinski definition) is 2. The summed E-state index contributed by atoms with van der Waals surface area (Å²) >= 11 is 0. The molecule has 0 aromatic heterocycles. The van der Waals surface area contributed by atoms with E-state index in [1.54, 1.807) is 0 Å². The molecule has 2 heterocycles. The van der Waals surface area contributed by atoms with Crippen LogP contribution >= 0.6 is 0 Å². The fourth-order valence-corrected chi connectivity index (χ4v) is 1.97. The predicted octanol–water partition coefficient (Wildman–Crippen LogP) is 1.80. The van der Waals surface area contributed by atoms with Gasteiger partial charge in [0.15, 0.2) is 0 Å². The summed E-state index contributed by atoms with van der Waals surface area (Å²) in [7, 11) is 0. The van der Waals surface area contributed by atoms with Crippen LogP contribution < -0.4 is 5.32 Å². The first kappa shape index (κ1) is 10.0. The first-order valence-electron chi connectivity index (χ1n) is 5.21. The number of ether oxygens (including phenoxy) is 1. The zero-order valence-electron chi connectivity index (χ0n) is 8.47. The average molecular weight is 171 g/mol. The molecule has 2 saturated heterocycles. The van der Waals surface area contributed by atoms with Gasteiger partial charge in [0, 0.05) is 12.6 Å². The Hall–Kier alpha value is -0.0800. The largest absolute Gasteiger partial charge is 0.376 e. The average Bonchev–Trinajstić information content (AvgIpc) is 2.54. The molecular weight excluding hydrogens is 150 g/mol.